The zero-order valence-corrected chi connectivity index (χ0v) is 12.9. The van der Waals surface area contributed by atoms with Gasteiger partial charge in [0.15, 0.2) is 0 Å². The van der Waals surface area contributed by atoms with Gasteiger partial charge >= 0.3 is 0 Å². The van der Waals surface area contributed by atoms with Crippen LogP contribution in [0.15, 0.2) is 0 Å². The number of hydrogen-bond acceptors (Lipinski definition) is 4. The third kappa shape index (κ3) is 9.38. The van der Waals surface area contributed by atoms with Crippen molar-refractivity contribution in [1.82, 2.24) is 15.7 Å². The van der Waals surface area contributed by atoms with Crippen LogP contribution in [0.5, 0.6) is 0 Å². The van der Waals surface area contributed by atoms with Crippen LogP contribution in [0.1, 0.15) is 46.0 Å². The molecule has 114 valence electrons. The van der Waals surface area contributed by atoms with Crippen LogP contribution in [0.3, 0.4) is 0 Å². The maximum absolute atomic E-state index is 5.58. The fourth-order valence-corrected chi connectivity index (χ4v) is 2.29. The summed E-state index contributed by atoms with van der Waals surface area (Å²) < 4.78 is 0. The van der Waals surface area contributed by atoms with Gasteiger partial charge in [0.2, 0.25) is 0 Å². The molecule has 2 N–H and O–H groups in total. The number of piperidine rings is 1. The lowest BCUT2D eigenvalue weighted by Gasteiger charge is -2.26. The zero-order valence-electron chi connectivity index (χ0n) is 12.9. The third-order valence-electron chi connectivity index (χ3n) is 3.73. The smallest absolute Gasteiger partial charge is 0.0685 e. The predicted octanol–water partition coefficient (Wildman–Crippen LogP) is 2.02. The molecule has 0 amide bonds. The molecular formula is C15H33N3O. The first-order chi connectivity index (χ1) is 9.33. The molecule has 0 bridgehead atoms. The van der Waals surface area contributed by atoms with Crippen LogP contribution in [0.4, 0.5) is 0 Å². The maximum Gasteiger partial charge on any atom is 0.0685 e. The molecule has 4 heteroatoms. The van der Waals surface area contributed by atoms with E-state index in [0.717, 1.165) is 38.7 Å². The van der Waals surface area contributed by atoms with E-state index in [1.165, 1.54) is 45.2 Å². The molecule has 2 rings (SSSR count). The van der Waals surface area contributed by atoms with E-state index in [1.807, 2.05) is 0 Å². The van der Waals surface area contributed by atoms with Crippen molar-refractivity contribution >= 4 is 0 Å². The summed E-state index contributed by atoms with van der Waals surface area (Å²) in [6, 6.07) is 0. The van der Waals surface area contributed by atoms with Crippen LogP contribution >= 0.6 is 0 Å². The SMILES string of the molecule is CC1CCNCC1.CCCCCON1CCNCC1. The lowest BCUT2D eigenvalue weighted by molar-refractivity contribution is -0.165. The molecule has 0 atom stereocenters. The maximum atomic E-state index is 5.58. The van der Waals surface area contributed by atoms with Crippen LogP contribution in [-0.4, -0.2) is 50.9 Å². The van der Waals surface area contributed by atoms with Gasteiger partial charge in [0.1, 0.15) is 0 Å². The summed E-state index contributed by atoms with van der Waals surface area (Å²) in [5.41, 5.74) is 0. The first-order valence-corrected chi connectivity index (χ1v) is 8.12. The molecule has 0 aliphatic carbocycles. The monoisotopic (exact) mass is 271 g/mol. The van der Waals surface area contributed by atoms with Crippen molar-refractivity contribution in [2.45, 2.75) is 46.0 Å². The van der Waals surface area contributed by atoms with E-state index in [9.17, 15) is 0 Å². The van der Waals surface area contributed by atoms with Gasteiger partial charge in [-0.1, -0.05) is 26.7 Å². The Labute approximate surface area is 119 Å². The molecule has 0 unspecified atom stereocenters. The van der Waals surface area contributed by atoms with Crippen molar-refractivity contribution < 1.29 is 4.84 Å². The molecule has 2 aliphatic rings. The summed E-state index contributed by atoms with van der Waals surface area (Å²) in [6.07, 6.45) is 6.50. The van der Waals surface area contributed by atoms with Crippen LogP contribution in [0.2, 0.25) is 0 Å². The molecule has 0 aromatic rings. The van der Waals surface area contributed by atoms with Crippen molar-refractivity contribution in [3.63, 3.8) is 0 Å². The summed E-state index contributed by atoms with van der Waals surface area (Å²) in [4.78, 5) is 5.58. The van der Waals surface area contributed by atoms with Crippen LogP contribution in [-0.2, 0) is 4.84 Å². The van der Waals surface area contributed by atoms with E-state index in [2.05, 4.69) is 29.5 Å². The molecule has 2 heterocycles. The summed E-state index contributed by atoms with van der Waals surface area (Å²) >= 11 is 0. The van der Waals surface area contributed by atoms with Crippen molar-refractivity contribution in [2.75, 3.05) is 45.9 Å². The molecule has 0 radical (unpaired) electrons. The number of rotatable bonds is 5. The molecule has 0 aromatic heterocycles. The second-order valence-corrected chi connectivity index (χ2v) is 5.65. The van der Waals surface area contributed by atoms with E-state index in [1.54, 1.807) is 0 Å². The predicted molar refractivity (Wildman–Crippen MR) is 81.2 cm³/mol. The van der Waals surface area contributed by atoms with Crippen molar-refractivity contribution in [1.29, 1.82) is 0 Å². The molecular weight excluding hydrogens is 238 g/mol. The van der Waals surface area contributed by atoms with Gasteiger partial charge in [-0.15, -0.1) is 0 Å². The lowest BCUT2D eigenvalue weighted by Crippen LogP contribution is -2.43. The van der Waals surface area contributed by atoms with Gasteiger partial charge in [0.05, 0.1) is 6.61 Å². The molecule has 0 spiro atoms. The van der Waals surface area contributed by atoms with E-state index < -0.39 is 0 Å². The highest BCUT2D eigenvalue weighted by Gasteiger charge is 2.08. The van der Waals surface area contributed by atoms with Gasteiger partial charge in [-0.25, -0.2) is 0 Å². The lowest BCUT2D eigenvalue weighted by atomic mass is 10.0. The fraction of sp³-hybridized carbons (Fsp3) is 1.00. The average molecular weight is 271 g/mol. The first kappa shape index (κ1) is 16.9. The molecule has 2 fully saturated rings. The van der Waals surface area contributed by atoms with Gasteiger partial charge < -0.3 is 10.6 Å². The second-order valence-electron chi connectivity index (χ2n) is 5.65. The summed E-state index contributed by atoms with van der Waals surface area (Å²) in [7, 11) is 0. The minimum absolute atomic E-state index is 0.897. The highest BCUT2D eigenvalue weighted by atomic mass is 16.7. The van der Waals surface area contributed by atoms with Gasteiger partial charge in [0.25, 0.3) is 0 Å². The molecule has 4 nitrogen and oxygen atoms in total. The van der Waals surface area contributed by atoms with Crippen LogP contribution in [0, 0.1) is 5.92 Å². The largest absolute Gasteiger partial charge is 0.317 e. The minimum atomic E-state index is 0.897. The van der Waals surface area contributed by atoms with Crippen molar-refractivity contribution in [2.24, 2.45) is 5.92 Å². The van der Waals surface area contributed by atoms with Crippen LogP contribution in [0.25, 0.3) is 0 Å². The number of unbranched alkanes of at least 4 members (excludes halogenated alkanes) is 2. The van der Waals surface area contributed by atoms with Gasteiger partial charge in [-0.05, 0) is 38.3 Å². The molecule has 19 heavy (non-hydrogen) atoms. The standard InChI is InChI=1S/C9H20N2O.C6H13N/c1-2-3-4-9-12-11-7-5-10-6-8-11;1-6-2-4-7-5-3-6/h10H,2-9H2,1H3;6-7H,2-5H2,1H3. The third-order valence-corrected chi connectivity index (χ3v) is 3.73. The number of piperazine rings is 1. The van der Waals surface area contributed by atoms with Gasteiger partial charge in [0, 0.05) is 26.2 Å². The average Bonchev–Trinajstić information content (AvgIpc) is 2.46. The highest BCUT2D eigenvalue weighted by molar-refractivity contribution is 4.63. The Morgan fingerprint density at radius 2 is 1.63 bits per heavy atom. The summed E-state index contributed by atoms with van der Waals surface area (Å²) in [5.74, 6) is 0.973. The molecule has 0 aromatic carbocycles. The van der Waals surface area contributed by atoms with Crippen LogP contribution < -0.4 is 10.6 Å². The Kier molecular flexibility index (Phi) is 10.4. The zero-order chi connectivity index (χ0) is 13.8. The molecule has 2 saturated heterocycles. The van der Waals surface area contributed by atoms with E-state index in [0.29, 0.717) is 0 Å². The quantitative estimate of drug-likeness (QED) is 0.750. The normalized spacial score (nSPS) is 21.8. The first-order valence-electron chi connectivity index (χ1n) is 8.12. The number of nitrogens with one attached hydrogen (secondary N) is 2. The number of nitrogens with zero attached hydrogens (tertiary/aromatic N) is 1. The fourth-order valence-electron chi connectivity index (χ4n) is 2.29. The number of hydrogen-bond donors (Lipinski definition) is 2. The highest BCUT2D eigenvalue weighted by Crippen LogP contribution is 2.08. The molecule has 2 aliphatic heterocycles. The Hall–Kier alpha value is -0.160. The minimum Gasteiger partial charge on any atom is -0.317 e. The van der Waals surface area contributed by atoms with Crippen molar-refractivity contribution in [3.05, 3.63) is 0 Å². The van der Waals surface area contributed by atoms with E-state index >= 15 is 0 Å². The molecule has 0 saturated carbocycles. The van der Waals surface area contributed by atoms with Gasteiger partial charge in [-0.2, -0.15) is 5.06 Å². The Balaban J connectivity index is 0.000000218. The van der Waals surface area contributed by atoms with E-state index in [-0.39, 0.29) is 0 Å². The summed E-state index contributed by atoms with van der Waals surface area (Å²) in [6.45, 7) is 12.1. The Morgan fingerprint density at radius 1 is 1.00 bits per heavy atom. The van der Waals surface area contributed by atoms with E-state index in [4.69, 9.17) is 4.84 Å². The second kappa shape index (κ2) is 11.6. The van der Waals surface area contributed by atoms with Gasteiger partial charge in [-0.3, -0.25) is 4.84 Å². The number of hydroxylamine groups is 2. The summed E-state index contributed by atoms with van der Waals surface area (Å²) in [5, 5.41) is 8.69. The topological polar surface area (TPSA) is 36.5 Å². The Morgan fingerprint density at radius 3 is 2.16 bits per heavy atom. The Bertz CT molecular complexity index is 190. The van der Waals surface area contributed by atoms with Crippen molar-refractivity contribution in [3.8, 4) is 0 Å².